The van der Waals surface area contributed by atoms with Crippen molar-refractivity contribution < 1.29 is 29.1 Å². The van der Waals surface area contributed by atoms with Crippen molar-refractivity contribution in [3.05, 3.63) is 18.2 Å². The number of hydrogen-bond acceptors (Lipinski definition) is 8. The molecule has 0 spiro atoms. The summed E-state index contributed by atoms with van der Waals surface area (Å²) in [7, 11) is 0. The molecule has 0 saturated heterocycles. The van der Waals surface area contributed by atoms with E-state index in [1.807, 2.05) is 0 Å². The summed E-state index contributed by atoms with van der Waals surface area (Å²) in [5.74, 6) is -4.72. The number of rotatable bonds is 17. The number of guanidine groups is 1. The number of aliphatic imine (C=N–C) groups is 1. The summed E-state index contributed by atoms with van der Waals surface area (Å²) in [6.45, 7) is 3.52. The summed E-state index contributed by atoms with van der Waals surface area (Å²) in [6, 6.07) is -4.65. The van der Waals surface area contributed by atoms with E-state index < -0.39 is 59.7 Å². The van der Waals surface area contributed by atoms with Gasteiger partial charge in [-0.3, -0.25) is 24.2 Å². The molecule has 13 N–H and O–H groups in total. The van der Waals surface area contributed by atoms with E-state index in [0.29, 0.717) is 5.69 Å². The zero-order valence-electron chi connectivity index (χ0n) is 21.5. The smallest absolute Gasteiger partial charge is 0.326 e. The fourth-order valence-corrected chi connectivity index (χ4v) is 3.37. The lowest BCUT2D eigenvalue weighted by Gasteiger charge is -2.27. The SMILES string of the molecule is CC(C)C(NC(=O)C(N)Cc1cnc[nH]1)C(=O)NC(CCC(N)=O)C(=O)NC(CCCN=C(N)N)C(=O)O. The molecule has 38 heavy (non-hydrogen) atoms. The van der Waals surface area contributed by atoms with Gasteiger partial charge in [-0.2, -0.15) is 0 Å². The number of nitrogens with two attached hydrogens (primary N) is 4. The number of hydrogen-bond donors (Lipinski definition) is 9. The first-order valence-electron chi connectivity index (χ1n) is 12.0. The molecule has 4 amide bonds. The molecule has 0 saturated carbocycles. The predicted molar refractivity (Wildman–Crippen MR) is 137 cm³/mol. The Kier molecular flexibility index (Phi) is 13.2. The van der Waals surface area contributed by atoms with Gasteiger partial charge >= 0.3 is 5.97 Å². The molecule has 4 atom stereocenters. The van der Waals surface area contributed by atoms with Crippen LogP contribution in [0.2, 0.25) is 0 Å². The van der Waals surface area contributed by atoms with Crippen LogP contribution in [0.15, 0.2) is 17.5 Å². The van der Waals surface area contributed by atoms with Crippen LogP contribution in [-0.4, -0.2) is 81.3 Å². The van der Waals surface area contributed by atoms with Gasteiger partial charge < -0.3 is 49.0 Å². The molecule has 212 valence electrons. The number of amides is 4. The number of carboxylic acid groups (broad SMARTS) is 1. The Morgan fingerprint density at radius 2 is 1.66 bits per heavy atom. The Morgan fingerprint density at radius 3 is 2.18 bits per heavy atom. The second-order valence-corrected chi connectivity index (χ2v) is 9.03. The van der Waals surface area contributed by atoms with Gasteiger partial charge in [0.05, 0.1) is 12.4 Å². The van der Waals surface area contributed by atoms with E-state index in [1.165, 1.54) is 12.5 Å². The number of carbonyl (C=O) groups is 5. The number of primary amides is 1. The highest BCUT2D eigenvalue weighted by Crippen LogP contribution is 2.07. The monoisotopic (exact) mass is 538 g/mol. The van der Waals surface area contributed by atoms with Crippen molar-refractivity contribution in [2.45, 2.75) is 70.1 Å². The quantitative estimate of drug-likeness (QED) is 0.0543. The van der Waals surface area contributed by atoms with E-state index in [1.54, 1.807) is 13.8 Å². The number of H-pyrrole nitrogens is 1. The molecular formula is C22H38N10O6. The minimum Gasteiger partial charge on any atom is -0.480 e. The molecule has 0 aliphatic carbocycles. The van der Waals surface area contributed by atoms with Gasteiger partial charge in [0.2, 0.25) is 23.6 Å². The van der Waals surface area contributed by atoms with Gasteiger partial charge in [-0.05, 0) is 25.2 Å². The minimum atomic E-state index is -1.30. The third-order valence-corrected chi connectivity index (χ3v) is 5.45. The molecule has 0 aliphatic heterocycles. The average molecular weight is 539 g/mol. The fraction of sp³-hybridized carbons (Fsp3) is 0.591. The van der Waals surface area contributed by atoms with Crippen molar-refractivity contribution in [2.24, 2.45) is 33.8 Å². The first kappa shape index (κ1) is 31.8. The maximum absolute atomic E-state index is 13.1. The Labute approximate surface area is 219 Å². The number of aromatic nitrogens is 2. The van der Waals surface area contributed by atoms with E-state index in [9.17, 15) is 29.1 Å². The normalized spacial score (nSPS) is 14.0. The number of carbonyl (C=O) groups excluding carboxylic acids is 4. The van der Waals surface area contributed by atoms with Crippen LogP contribution < -0.4 is 38.9 Å². The van der Waals surface area contributed by atoms with E-state index in [2.05, 4.69) is 30.9 Å². The van der Waals surface area contributed by atoms with Crippen LogP contribution in [0.25, 0.3) is 0 Å². The Bertz CT molecular complexity index is 977. The van der Waals surface area contributed by atoms with E-state index in [4.69, 9.17) is 22.9 Å². The topological polar surface area (TPSA) is 287 Å². The number of imidazole rings is 1. The number of nitrogens with one attached hydrogen (secondary N) is 4. The zero-order chi connectivity index (χ0) is 28.8. The predicted octanol–water partition coefficient (Wildman–Crippen LogP) is -3.21. The van der Waals surface area contributed by atoms with E-state index in [-0.39, 0.29) is 44.6 Å². The van der Waals surface area contributed by atoms with Crippen molar-refractivity contribution >= 4 is 35.6 Å². The van der Waals surface area contributed by atoms with Crippen LogP contribution in [0.1, 0.15) is 45.2 Å². The van der Waals surface area contributed by atoms with Crippen LogP contribution in [0.4, 0.5) is 0 Å². The van der Waals surface area contributed by atoms with Crippen molar-refractivity contribution in [2.75, 3.05) is 6.54 Å². The molecule has 0 radical (unpaired) electrons. The molecule has 0 fully saturated rings. The number of aliphatic carboxylic acids is 1. The van der Waals surface area contributed by atoms with Crippen molar-refractivity contribution in [1.29, 1.82) is 0 Å². The molecule has 1 heterocycles. The second-order valence-electron chi connectivity index (χ2n) is 9.03. The van der Waals surface area contributed by atoms with E-state index in [0.717, 1.165) is 0 Å². The highest BCUT2D eigenvalue weighted by atomic mass is 16.4. The summed E-state index contributed by atoms with van der Waals surface area (Å²) < 4.78 is 0. The van der Waals surface area contributed by atoms with Crippen LogP contribution >= 0.6 is 0 Å². The van der Waals surface area contributed by atoms with Crippen LogP contribution in [0, 0.1) is 5.92 Å². The molecule has 0 aromatic carbocycles. The summed E-state index contributed by atoms with van der Waals surface area (Å²) in [5, 5.41) is 16.9. The second kappa shape index (κ2) is 15.8. The molecule has 4 unspecified atom stereocenters. The van der Waals surface area contributed by atoms with E-state index >= 15 is 0 Å². The van der Waals surface area contributed by atoms with Gasteiger partial charge in [0.15, 0.2) is 5.96 Å². The van der Waals surface area contributed by atoms with Crippen LogP contribution in [-0.2, 0) is 30.4 Å². The van der Waals surface area contributed by atoms with Gasteiger partial charge in [-0.25, -0.2) is 9.78 Å². The van der Waals surface area contributed by atoms with Gasteiger partial charge in [-0.1, -0.05) is 13.8 Å². The lowest BCUT2D eigenvalue weighted by molar-refractivity contribution is -0.142. The van der Waals surface area contributed by atoms with Crippen molar-refractivity contribution in [1.82, 2.24) is 25.9 Å². The van der Waals surface area contributed by atoms with Gasteiger partial charge in [0.25, 0.3) is 0 Å². The summed E-state index contributed by atoms with van der Waals surface area (Å²) >= 11 is 0. The molecule has 16 heteroatoms. The third-order valence-electron chi connectivity index (χ3n) is 5.45. The van der Waals surface area contributed by atoms with Gasteiger partial charge in [0.1, 0.15) is 18.1 Å². The zero-order valence-corrected chi connectivity index (χ0v) is 21.5. The summed E-state index contributed by atoms with van der Waals surface area (Å²) in [4.78, 5) is 72.1. The lowest BCUT2D eigenvalue weighted by Crippen LogP contribution is -2.58. The van der Waals surface area contributed by atoms with Crippen molar-refractivity contribution in [3.8, 4) is 0 Å². The minimum absolute atomic E-state index is 0.00718. The molecule has 16 nitrogen and oxygen atoms in total. The maximum Gasteiger partial charge on any atom is 0.326 e. The Hall–Kier alpha value is -4.21. The van der Waals surface area contributed by atoms with Crippen LogP contribution in [0.3, 0.4) is 0 Å². The molecule has 0 aliphatic rings. The first-order chi connectivity index (χ1) is 17.8. The summed E-state index contributed by atoms with van der Waals surface area (Å²) in [5.41, 5.74) is 22.3. The number of nitrogens with zero attached hydrogens (tertiary/aromatic N) is 2. The lowest BCUT2D eigenvalue weighted by atomic mass is 10.0. The highest BCUT2D eigenvalue weighted by molar-refractivity contribution is 5.94. The summed E-state index contributed by atoms with van der Waals surface area (Å²) in [6.07, 6.45) is 2.94. The molecule has 1 aromatic rings. The van der Waals surface area contributed by atoms with Gasteiger partial charge in [-0.15, -0.1) is 0 Å². The van der Waals surface area contributed by atoms with Crippen molar-refractivity contribution in [3.63, 3.8) is 0 Å². The highest BCUT2D eigenvalue weighted by Gasteiger charge is 2.31. The van der Waals surface area contributed by atoms with Crippen LogP contribution in [0.5, 0.6) is 0 Å². The third kappa shape index (κ3) is 11.7. The number of aromatic amines is 1. The first-order valence-corrected chi connectivity index (χ1v) is 12.0. The molecule has 1 rings (SSSR count). The number of carboxylic acids is 1. The molecular weight excluding hydrogens is 500 g/mol. The largest absolute Gasteiger partial charge is 0.480 e. The van der Waals surface area contributed by atoms with Gasteiger partial charge in [0, 0.05) is 31.3 Å². The molecule has 1 aromatic heterocycles. The average Bonchev–Trinajstić information content (AvgIpc) is 3.33. The molecule has 0 bridgehead atoms. The fourth-order valence-electron chi connectivity index (χ4n) is 3.37. The Balaban J connectivity index is 2.91. The maximum atomic E-state index is 13.1. The Morgan fingerprint density at radius 1 is 1.00 bits per heavy atom. The standard InChI is InChI=1S/C22H38N10O6/c1-11(2)17(32-18(34)13(23)8-12-9-27-10-29-12)20(36)30-14(5-6-16(24)33)19(35)31-15(21(37)38)4-3-7-28-22(25)26/h9-11,13-15,17H,3-8,23H2,1-2H3,(H2,24,33)(H,27,29)(H,30,36)(H,31,35)(H,32,34)(H,37,38)(H4,25,26,28).